The number of hydrogen-bond acceptors (Lipinski definition) is 4. The van der Waals surface area contributed by atoms with Crippen molar-refractivity contribution in [1.82, 2.24) is 14.5 Å². The number of fused-ring (bicyclic) bond motifs is 6. The van der Waals surface area contributed by atoms with E-state index in [0.29, 0.717) is 11.7 Å². The summed E-state index contributed by atoms with van der Waals surface area (Å²) >= 11 is 1.78. The van der Waals surface area contributed by atoms with Crippen LogP contribution in [0.1, 0.15) is 51.7 Å². The molecule has 0 spiro atoms. The Morgan fingerprint density at radius 1 is 0.739 bits per heavy atom. The Bertz CT molecular complexity index is 2410. The van der Waals surface area contributed by atoms with Gasteiger partial charge in [0.15, 0.2) is 5.82 Å². The van der Waals surface area contributed by atoms with E-state index in [-0.39, 0.29) is 5.41 Å². The molecule has 5 heteroatoms. The van der Waals surface area contributed by atoms with Crippen molar-refractivity contribution in [3.05, 3.63) is 120 Å². The maximum absolute atomic E-state index is 11.5. The number of pyridine rings is 2. The summed E-state index contributed by atoms with van der Waals surface area (Å²) in [4.78, 5) is 10.4. The monoisotopic (exact) mass is 617 g/mol. The average molecular weight is 618 g/mol. The van der Waals surface area contributed by atoms with Crippen molar-refractivity contribution >= 4 is 53.4 Å². The molecule has 0 aliphatic heterocycles. The molecule has 4 heterocycles. The fraction of sp³-hybridized carbons (Fsp3) is 0.171. The van der Waals surface area contributed by atoms with E-state index in [9.17, 15) is 5.11 Å². The van der Waals surface area contributed by atoms with E-state index in [1.165, 1.54) is 21.0 Å². The van der Waals surface area contributed by atoms with Crippen LogP contribution in [0.25, 0.3) is 70.3 Å². The first-order chi connectivity index (χ1) is 22.2. The summed E-state index contributed by atoms with van der Waals surface area (Å²) in [6, 6.07) is 36.2. The highest BCUT2D eigenvalue weighted by Crippen LogP contribution is 2.44. The van der Waals surface area contributed by atoms with E-state index in [0.717, 1.165) is 60.4 Å². The third kappa shape index (κ3) is 4.49. The predicted octanol–water partition coefficient (Wildman–Crippen LogP) is 11.4. The summed E-state index contributed by atoms with van der Waals surface area (Å²) in [6.07, 6.45) is 1.86. The molecule has 46 heavy (non-hydrogen) atoms. The first-order valence-corrected chi connectivity index (χ1v) is 16.7. The SMILES string of the molecule is CC(C)c1cc(-c2cc3c(sc4ccccc43)c(-n3c4ccccc4c4cccnc43)n2)cc(-c2cccc(C(C)(C)C)c2O)c1. The molecular formula is C41H35N3OS. The zero-order valence-electron chi connectivity index (χ0n) is 26.7. The number of benzene rings is 4. The van der Waals surface area contributed by atoms with Crippen molar-refractivity contribution in [2.45, 2.75) is 46.0 Å². The number of para-hydroxylation sites is 2. The molecule has 1 N–H and O–H groups in total. The number of phenols is 1. The summed E-state index contributed by atoms with van der Waals surface area (Å²) in [5, 5.41) is 16.2. The molecule has 4 aromatic heterocycles. The van der Waals surface area contributed by atoms with Crippen molar-refractivity contribution in [2.75, 3.05) is 0 Å². The minimum atomic E-state index is -0.184. The molecular weight excluding hydrogens is 583 g/mol. The molecule has 8 aromatic rings. The van der Waals surface area contributed by atoms with Gasteiger partial charge in [-0.25, -0.2) is 9.97 Å². The normalized spacial score (nSPS) is 12.3. The van der Waals surface area contributed by atoms with Gasteiger partial charge in [0.2, 0.25) is 0 Å². The number of thiophene rings is 1. The van der Waals surface area contributed by atoms with Gasteiger partial charge in [-0.3, -0.25) is 4.57 Å². The number of phenolic OH excluding ortho intramolecular Hbond substituents is 1. The second-order valence-electron chi connectivity index (χ2n) is 13.5. The van der Waals surface area contributed by atoms with E-state index in [1.807, 2.05) is 30.5 Å². The third-order valence-electron chi connectivity index (χ3n) is 9.06. The van der Waals surface area contributed by atoms with E-state index >= 15 is 0 Å². The van der Waals surface area contributed by atoms with Crippen LogP contribution in [0, 0.1) is 0 Å². The predicted molar refractivity (Wildman–Crippen MR) is 195 cm³/mol. The quantitative estimate of drug-likeness (QED) is 0.214. The Morgan fingerprint density at radius 3 is 2.28 bits per heavy atom. The van der Waals surface area contributed by atoms with Crippen LogP contribution in [0.3, 0.4) is 0 Å². The van der Waals surface area contributed by atoms with Gasteiger partial charge in [0.05, 0.1) is 15.9 Å². The van der Waals surface area contributed by atoms with Gasteiger partial charge in [0.25, 0.3) is 0 Å². The van der Waals surface area contributed by atoms with E-state index in [4.69, 9.17) is 9.97 Å². The molecule has 8 rings (SSSR count). The van der Waals surface area contributed by atoms with Gasteiger partial charge in [-0.1, -0.05) is 95.3 Å². The fourth-order valence-electron chi connectivity index (χ4n) is 6.69. The molecule has 0 bridgehead atoms. The summed E-state index contributed by atoms with van der Waals surface area (Å²) in [7, 11) is 0. The fourth-order valence-corrected chi connectivity index (χ4v) is 7.85. The Balaban J connectivity index is 1.45. The van der Waals surface area contributed by atoms with Crippen LogP contribution >= 0.6 is 11.3 Å². The number of nitrogens with zero attached hydrogens (tertiary/aromatic N) is 3. The minimum absolute atomic E-state index is 0.184. The minimum Gasteiger partial charge on any atom is -0.507 e. The van der Waals surface area contributed by atoms with Crippen LogP contribution in [0.5, 0.6) is 5.75 Å². The molecule has 226 valence electrons. The highest BCUT2D eigenvalue weighted by molar-refractivity contribution is 7.26. The Kier molecular flexibility index (Phi) is 6.52. The lowest BCUT2D eigenvalue weighted by atomic mass is 9.83. The van der Waals surface area contributed by atoms with Crippen molar-refractivity contribution in [3.63, 3.8) is 0 Å². The lowest BCUT2D eigenvalue weighted by Crippen LogP contribution is -2.11. The summed E-state index contributed by atoms with van der Waals surface area (Å²) in [6.45, 7) is 10.8. The maximum Gasteiger partial charge on any atom is 0.157 e. The van der Waals surface area contributed by atoms with Gasteiger partial charge in [-0.2, -0.15) is 0 Å². The highest BCUT2D eigenvalue weighted by Gasteiger charge is 2.23. The molecule has 0 saturated carbocycles. The van der Waals surface area contributed by atoms with Crippen LogP contribution in [0.2, 0.25) is 0 Å². The standard InChI is InChI=1S/C41H35N3OS/c1-24(2)25-20-26(28-14-10-16-33(37(28)45)41(3,4)5)22-27(21-25)34-23-32-30-13-7-9-18-36(30)46-38(32)40(43-34)44-35-17-8-6-12-29(35)31-15-11-19-42-39(31)44/h6-24,45H,1-5H3. The molecule has 0 unspecified atom stereocenters. The highest BCUT2D eigenvalue weighted by atomic mass is 32.1. The molecule has 4 aromatic carbocycles. The number of aromatic hydroxyl groups is 1. The lowest BCUT2D eigenvalue weighted by molar-refractivity contribution is 0.448. The zero-order valence-corrected chi connectivity index (χ0v) is 27.5. The second-order valence-corrected chi connectivity index (χ2v) is 14.5. The van der Waals surface area contributed by atoms with Gasteiger partial charge in [-0.05, 0) is 70.5 Å². The van der Waals surface area contributed by atoms with Gasteiger partial charge in [0, 0.05) is 43.6 Å². The summed E-state index contributed by atoms with van der Waals surface area (Å²) < 4.78 is 4.60. The largest absolute Gasteiger partial charge is 0.507 e. The van der Waals surface area contributed by atoms with Gasteiger partial charge in [0.1, 0.15) is 11.4 Å². The van der Waals surface area contributed by atoms with Crippen LogP contribution < -0.4 is 0 Å². The molecule has 0 aliphatic rings. The van der Waals surface area contributed by atoms with Crippen LogP contribution in [-0.4, -0.2) is 19.6 Å². The average Bonchev–Trinajstić information content (AvgIpc) is 3.60. The van der Waals surface area contributed by atoms with E-state index < -0.39 is 0 Å². The van der Waals surface area contributed by atoms with E-state index in [2.05, 4.69) is 118 Å². The smallest absolute Gasteiger partial charge is 0.157 e. The molecule has 0 radical (unpaired) electrons. The molecule has 0 aliphatic carbocycles. The van der Waals surface area contributed by atoms with Crippen molar-refractivity contribution < 1.29 is 5.11 Å². The van der Waals surface area contributed by atoms with Crippen molar-refractivity contribution in [2.24, 2.45) is 0 Å². The topological polar surface area (TPSA) is 50.9 Å². The van der Waals surface area contributed by atoms with Gasteiger partial charge in [-0.15, -0.1) is 11.3 Å². The first kappa shape index (κ1) is 28.5. The maximum atomic E-state index is 11.5. The summed E-state index contributed by atoms with van der Waals surface area (Å²) in [5.74, 6) is 1.51. The number of rotatable bonds is 4. The van der Waals surface area contributed by atoms with Gasteiger partial charge < -0.3 is 5.11 Å². The number of aromatic nitrogens is 3. The Morgan fingerprint density at radius 2 is 1.48 bits per heavy atom. The molecule has 0 atom stereocenters. The summed E-state index contributed by atoms with van der Waals surface area (Å²) in [5.41, 5.74) is 7.67. The van der Waals surface area contributed by atoms with Crippen LogP contribution in [-0.2, 0) is 5.41 Å². The zero-order chi connectivity index (χ0) is 31.7. The second kappa shape index (κ2) is 10.5. The van der Waals surface area contributed by atoms with Crippen LogP contribution in [0.15, 0.2) is 109 Å². The van der Waals surface area contributed by atoms with Crippen LogP contribution in [0.4, 0.5) is 0 Å². The lowest BCUT2D eigenvalue weighted by Gasteiger charge is -2.22. The molecule has 0 amide bonds. The molecule has 0 fully saturated rings. The Labute approximate surface area is 272 Å². The molecule has 0 saturated heterocycles. The van der Waals surface area contributed by atoms with Crippen molar-refractivity contribution in [1.29, 1.82) is 0 Å². The van der Waals surface area contributed by atoms with Gasteiger partial charge >= 0.3 is 0 Å². The number of hydrogen-bond donors (Lipinski definition) is 1. The van der Waals surface area contributed by atoms with Crippen molar-refractivity contribution in [3.8, 4) is 34.0 Å². The first-order valence-electron chi connectivity index (χ1n) is 15.8. The third-order valence-corrected chi connectivity index (χ3v) is 10.2. The van der Waals surface area contributed by atoms with E-state index in [1.54, 1.807) is 11.3 Å². The Hall–Kier alpha value is -5.00. The molecule has 4 nitrogen and oxygen atoms in total.